The van der Waals surface area contributed by atoms with Crippen LogP contribution < -0.4 is 39.7 Å². The number of hydrogen-bond donors (Lipinski definition) is 1. The van der Waals surface area contributed by atoms with Crippen molar-refractivity contribution in [3.63, 3.8) is 0 Å². The van der Waals surface area contributed by atoms with Crippen LogP contribution in [0.2, 0.25) is 10.1 Å². The molecule has 1 aliphatic rings. The van der Waals surface area contributed by atoms with Crippen molar-refractivity contribution >= 4 is 50.0 Å². The average Bonchev–Trinajstić information content (AvgIpc) is 3.42. The standard InChI is InChI=1S/C36H35BO3Si.C29H30O2Si/c1-36(2,3)41(32-18-9-5-10-19-32,33-20-11-6-12-21-33)40-35-22-14-13-15-29(35)25-28-23-24-34-30(26-28)27-38-37(39-34)31-16-7-4-8-17-31;1-29(2,3)32(26-13-6-4-7-14-26,27-15-8-5-9-16-27)31-28-17-11-10-12-24(28)22-23-18-20-25(30)21-19-23/h4-24,26H,25,27H2,1-3H3;4-21,30H,22H2,1-3H3. The van der Waals surface area contributed by atoms with Crippen LogP contribution in [0.3, 0.4) is 0 Å². The fourth-order valence-corrected chi connectivity index (χ4v) is 19.2. The molecule has 1 heterocycles. The van der Waals surface area contributed by atoms with Gasteiger partial charge in [-0.05, 0) is 94.9 Å². The normalized spacial score (nSPS) is 12.7. The lowest BCUT2D eigenvalue weighted by Gasteiger charge is -2.43. The van der Waals surface area contributed by atoms with E-state index in [4.69, 9.17) is 18.2 Å². The zero-order valence-electron chi connectivity index (χ0n) is 42.9. The number of benzene rings is 9. The van der Waals surface area contributed by atoms with E-state index in [2.05, 4.69) is 224 Å². The van der Waals surface area contributed by atoms with Gasteiger partial charge in [-0.2, -0.15) is 0 Å². The van der Waals surface area contributed by atoms with Crippen molar-refractivity contribution in [3.05, 3.63) is 270 Å². The van der Waals surface area contributed by atoms with Crippen molar-refractivity contribution in [3.8, 4) is 23.0 Å². The second-order valence-electron chi connectivity index (χ2n) is 20.9. The summed E-state index contributed by atoms with van der Waals surface area (Å²) in [5.41, 5.74) is 6.75. The Morgan fingerprint density at radius 2 is 0.808 bits per heavy atom. The predicted molar refractivity (Wildman–Crippen MR) is 307 cm³/mol. The van der Waals surface area contributed by atoms with Crippen LogP contribution in [0.4, 0.5) is 0 Å². The van der Waals surface area contributed by atoms with Gasteiger partial charge in [0.05, 0.1) is 6.61 Å². The van der Waals surface area contributed by atoms with E-state index in [0.29, 0.717) is 6.61 Å². The SMILES string of the molecule is CC(C)(C)[Si](Oc1ccccc1Cc1ccc(O)cc1)(c1ccccc1)c1ccccc1.CC(C)(C)[Si](Oc1ccccc1Cc1ccc2c(c1)COB(c1ccccc1)O2)(c1ccccc1)c1ccccc1. The maximum atomic E-state index is 9.65. The Labute approximate surface area is 435 Å². The highest BCUT2D eigenvalue weighted by Crippen LogP contribution is 2.41. The smallest absolute Gasteiger partial charge is 0.534 e. The summed E-state index contributed by atoms with van der Waals surface area (Å²) in [5, 5.41) is 14.5. The van der Waals surface area contributed by atoms with E-state index in [1.165, 1.54) is 31.9 Å². The van der Waals surface area contributed by atoms with Crippen LogP contribution in [0.15, 0.2) is 243 Å². The lowest BCUT2D eigenvalue weighted by molar-refractivity contribution is 0.238. The molecule has 1 aliphatic heterocycles. The van der Waals surface area contributed by atoms with Gasteiger partial charge >= 0.3 is 23.8 Å². The third kappa shape index (κ3) is 11.2. The Bertz CT molecular complexity index is 3100. The van der Waals surface area contributed by atoms with Crippen LogP contribution in [0.1, 0.15) is 69.4 Å². The Morgan fingerprint density at radius 3 is 1.23 bits per heavy atom. The molecule has 5 nitrogen and oxygen atoms in total. The first-order chi connectivity index (χ1) is 35.3. The number of fused-ring (bicyclic) bond motifs is 1. The fraction of sp³-hybridized carbons (Fsp3) is 0.169. The van der Waals surface area contributed by atoms with E-state index in [9.17, 15) is 5.11 Å². The first-order valence-corrected chi connectivity index (χ1v) is 29.1. The Balaban J connectivity index is 0.000000186. The van der Waals surface area contributed by atoms with E-state index in [1.807, 2.05) is 48.5 Å². The summed E-state index contributed by atoms with van der Waals surface area (Å²) in [7, 11) is -5.81. The molecule has 0 saturated heterocycles. The first-order valence-electron chi connectivity index (χ1n) is 25.3. The topological polar surface area (TPSA) is 57.2 Å². The van der Waals surface area contributed by atoms with Crippen LogP contribution in [0.5, 0.6) is 23.0 Å². The summed E-state index contributed by atoms with van der Waals surface area (Å²) in [6.45, 7) is 14.3. The minimum absolute atomic E-state index is 0.0959. The maximum absolute atomic E-state index is 9.65. The van der Waals surface area contributed by atoms with E-state index in [1.54, 1.807) is 12.1 Å². The number of para-hydroxylation sites is 2. The van der Waals surface area contributed by atoms with Crippen molar-refractivity contribution < 1.29 is 23.3 Å². The summed E-state index contributed by atoms with van der Waals surface area (Å²) < 4.78 is 26.9. The molecular weight excluding hydrogens is 928 g/mol. The van der Waals surface area contributed by atoms with Gasteiger partial charge in [0.15, 0.2) is 0 Å². The van der Waals surface area contributed by atoms with Gasteiger partial charge in [-0.15, -0.1) is 0 Å². The minimum Gasteiger partial charge on any atom is -0.534 e. The number of phenolic OH excluding ortho intramolecular Hbond substituents is 1. The average molecular weight is 993 g/mol. The van der Waals surface area contributed by atoms with Gasteiger partial charge in [0.25, 0.3) is 0 Å². The minimum atomic E-state index is -2.74. The van der Waals surface area contributed by atoms with Gasteiger partial charge in [-0.3, -0.25) is 0 Å². The van der Waals surface area contributed by atoms with E-state index < -0.39 is 16.6 Å². The van der Waals surface area contributed by atoms with E-state index in [0.717, 1.165) is 52.2 Å². The molecule has 9 aromatic rings. The number of phenols is 1. The first kappa shape index (κ1) is 50.6. The highest BCUT2D eigenvalue weighted by Gasteiger charge is 2.53. The zero-order chi connectivity index (χ0) is 50.9. The van der Waals surface area contributed by atoms with Crippen molar-refractivity contribution in [1.82, 2.24) is 0 Å². The molecule has 0 aromatic heterocycles. The molecule has 0 fully saturated rings. The van der Waals surface area contributed by atoms with Crippen molar-refractivity contribution in [2.45, 2.75) is 71.1 Å². The van der Waals surface area contributed by atoms with Gasteiger partial charge in [0.1, 0.15) is 23.0 Å². The highest BCUT2D eigenvalue weighted by molar-refractivity contribution is 7.00. The summed E-state index contributed by atoms with van der Waals surface area (Å²) in [4.78, 5) is 0. The van der Waals surface area contributed by atoms with Gasteiger partial charge < -0.3 is 23.3 Å². The zero-order valence-corrected chi connectivity index (χ0v) is 44.9. The van der Waals surface area contributed by atoms with Crippen LogP contribution in [-0.2, 0) is 24.1 Å². The number of aromatic hydroxyl groups is 1. The molecule has 0 spiro atoms. The van der Waals surface area contributed by atoms with E-state index in [-0.39, 0.29) is 22.9 Å². The van der Waals surface area contributed by atoms with Crippen molar-refractivity contribution in [2.24, 2.45) is 0 Å². The summed E-state index contributed by atoms with van der Waals surface area (Å²) in [6, 6.07) is 83.8. The van der Waals surface area contributed by atoms with Crippen LogP contribution >= 0.6 is 0 Å². The van der Waals surface area contributed by atoms with Gasteiger partial charge in [-0.1, -0.05) is 248 Å². The van der Waals surface area contributed by atoms with Crippen molar-refractivity contribution in [1.29, 1.82) is 0 Å². The molecule has 0 atom stereocenters. The summed E-state index contributed by atoms with van der Waals surface area (Å²) in [5.74, 6) is 3.03. The van der Waals surface area contributed by atoms with Crippen LogP contribution in [0, 0.1) is 0 Å². The maximum Gasteiger partial charge on any atom is 0.563 e. The second-order valence-corrected chi connectivity index (χ2v) is 29.3. The molecule has 366 valence electrons. The predicted octanol–water partition coefficient (Wildman–Crippen LogP) is 12.4. The number of hydrogen-bond acceptors (Lipinski definition) is 5. The Kier molecular flexibility index (Phi) is 15.4. The van der Waals surface area contributed by atoms with Gasteiger partial charge in [0, 0.05) is 18.4 Å². The molecule has 8 heteroatoms. The molecule has 0 saturated carbocycles. The molecule has 0 bridgehead atoms. The third-order valence-corrected chi connectivity index (χ3v) is 23.7. The third-order valence-electron chi connectivity index (χ3n) is 13.9. The quantitative estimate of drug-likeness (QED) is 0.117. The molecule has 0 amide bonds. The molecule has 1 N–H and O–H groups in total. The summed E-state index contributed by atoms with van der Waals surface area (Å²) >= 11 is 0. The van der Waals surface area contributed by atoms with Crippen LogP contribution in [0.25, 0.3) is 0 Å². The molecule has 10 rings (SSSR count). The molecule has 73 heavy (non-hydrogen) atoms. The van der Waals surface area contributed by atoms with E-state index >= 15 is 0 Å². The molecular formula is C65H65BO5Si2. The Hall–Kier alpha value is -7.36. The van der Waals surface area contributed by atoms with Gasteiger partial charge in [0.2, 0.25) is 0 Å². The van der Waals surface area contributed by atoms with Gasteiger partial charge in [-0.25, -0.2) is 0 Å². The number of rotatable bonds is 13. The molecule has 9 aromatic carbocycles. The van der Waals surface area contributed by atoms with Crippen molar-refractivity contribution in [2.75, 3.05) is 0 Å². The molecule has 0 aliphatic carbocycles. The Morgan fingerprint density at radius 1 is 0.438 bits per heavy atom. The molecule has 0 radical (unpaired) electrons. The molecule has 0 unspecified atom stereocenters. The lowest BCUT2D eigenvalue weighted by Crippen LogP contribution is -2.68. The largest absolute Gasteiger partial charge is 0.563 e. The monoisotopic (exact) mass is 992 g/mol. The van der Waals surface area contributed by atoms with Crippen LogP contribution in [-0.4, -0.2) is 28.9 Å². The highest BCUT2D eigenvalue weighted by atomic mass is 28.4. The second kappa shape index (κ2) is 22.2. The lowest BCUT2D eigenvalue weighted by atomic mass is 9.78. The fourth-order valence-electron chi connectivity index (χ4n) is 10.2. The summed E-state index contributed by atoms with van der Waals surface area (Å²) in [6.07, 6.45) is 1.50.